The molecule has 0 fully saturated rings. The largest absolute Gasteiger partial charge is 0.497 e. The molecule has 0 aliphatic carbocycles. The van der Waals surface area contributed by atoms with E-state index in [2.05, 4.69) is 20.8 Å². The van der Waals surface area contributed by atoms with Gasteiger partial charge in [-0.2, -0.15) is 0 Å². The standard InChI is InChI=1S/C30H34O5P/c1-29(2,3)19-30(4,28(32)22-13-17-24(35-6)18-14-22)20-36(33)26-10-8-7-9-25(26)27(31)21-11-15-23(34-5)16-12-21/h7-18H,19-20H2,1-6H3/q+1. The van der Waals surface area contributed by atoms with Gasteiger partial charge in [-0.05, 0) is 79.4 Å². The van der Waals surface area contributed by atoms with Crippen LogP contribution >= 0.6 is 7.80 Å². The van der Waals surface area contributed by atoms with Gasteiger partial charge in [0.1, 0.15) is 11.5 Å². The summed E-state index contributed by atoms with van der Waals surface area (Å²) in [4.78, 5) is 27.1. The van der Waals surface area contributed by atoms with Crippen molar-refractivity contribution in [1.82, 2.24) is 0 Å². The molecule has 0 saturated heterocycles. The molecule has 0 aliphatic heterocycles. The van der Waals surface area contributed by atoms with Crippen molar-refractivity contribution in [2.24, 2.45) is 10.8 Å². The summed E-state index contributed by atoms with van der Waals surface area (Å²) < 4.78 is 24.3. The van der Waals surface area contributed by atoms with Gasteiger partial charge < -0.3 is 9.47 Å². The topological polar surface area (TPSA) is 69.7 Å². The highest BCUT2D eigenvalue weighted by atomic mass is 31.1. The lowest BCUT2D eigenvalue weighted by atomic mass is 9.72. The first-order valence-electron chi connectivity index (χ1n) is 11.9. The molecule has 0 saturated carbocycles. The van der Waals surface area contributed by atoms with Crippen molar-refractivity contribution < 1.29 is 23.6 Å². The maximum absolute atomic E-state index is 13.8. The summed E-state index contributed by atoms with van der Waals surface area (Å²) in [5.74, 6) is 1.04. The number of ketones is 2. The molecule has 6 heteroatoms. The lowest BCUT2D eigenvalue weighted by Gasteiger charge is -2.31. The third kappa shape index (κ3) is 6.47. The zero-order valence-corrected chi connectivity index (χ0v) is 22.7. The van der Waals surface area contributed by atoms with Crippen molar-refractivity contribution >= 4 is 24.7 Å². The van der Waals surface area contributed by atoms with Crippen LogP contribution in [0.1, 0.15) is 60.4 Å². The van der Waals surface area contributed by atoms with Gasteiger partial charge in [0.15, 0.2) is 17.7 Å². The third-order valence-corrected chi connectivity index (χ3v) is 8.00. The first-order chi connectivity index (χ1) is 17.0. The number of benzene rings is 3. The highest BCUT2D eigenvalue weighted by molar-refractivity contribution is 7.53. The molecule has 188 valence electrons. The number of carbonyl (C=O) groups is 2. The summed E-state index contributed by atoms with van der Waals surface area (Å²) in [6, 6.07) is 20.8. The fourth-order valence-corrected chi connectivity index (χ4v) is 6.41. The Bertz CT molecular complexity index is 1240. The van der Waals surface area contributed by atoms with Crippen LogP contribution in [0.3, 0.4) is 0 Å². The van der Waals surface area contributed by atoms with Crippen LogP contribution < -0.4 is 14.8 Å². The molecule has 0 aliphatic rings. The van der Waals surface area contributed by atoms with Crippen molar-refractivity contribution in [2.45, 2.75) is 34.1 Å². The number of hydrogen-bond acceptors (Lipinski definition) is 5. The van der Waals surface area contributed by atoms with E-state index in [4.69, 9.17) is 9.47 Å². The van der Waals surface area contributed by atoms with Gasteiger partial charge in [-0.25, -0.2) is 0 Å². The van der Waals surface area contributed by atoms with Crippen molar-refractivity contribution in [3.63, 3.8) is 0 Å². The quantitative estimate of drug-likeness (QED) is 0.226. The zero-order chi connectivity index (χ0) is 26.5. The van der Waals surface area contributed by atoms with Crippen LogP contribution in [0.2, 0.25) is 0 Å². The molecule has 0 aromatic heterocycles. The molecule has 0 radical (unpaired) electrons. The van der Waals surface area contributed by atoms with E-state index in [-0.39, 0.29) is 23.1 Å². The Morgan fingerprint density at radius 3 is 1.75 bits per heavy atom. The summed E-state index contributed by atoms with van der Waals surface area (Å²) in [6.45, 7) is 8.09. The Morgan fingerprint density at radius 1 is 0.750 bits per heavy atom. The summed E-state index contributed by atoms with van der Waals surface area (Å²) in [5.41, 5.74) is 0.355. The molecule has 0 N–H and O–H groups in total. The smallest absolute Gasteiger partial charge is 0.378 e. The predicted octanol–water partition coefficient (Wildman–Crippen LogP) is 6.71. The van der Waals surface area contributed by atoms with E-state index >= 15 is 0 Å². The molecular formula is C30H34O5P+. The van der Waals surface area contributed by atoms with Crippen LogP contribution in [0, 0.1) is 10.8 Å². The first kappa shape index (κ1) is 27.3. The number of rotatable bonds is 10. The maximum Gasteiger partial charge on any atom is 0.378 e. The van der Waals surface area contributed by atoms with E-state index in [1.54, 1.807) is 87.0 Å². The summed E-state index contributed by atoms with van der Waals surface area (Å²) in [7, 11) is 1.10. The van der Waals surface area contributed by atoms with Gasteiger partial charge in [0.25, 0.3) is 0 Å². The molecule has 0 bridgehead atoms. The van der Waals surface area contributed by atoms with E-state index < -0.39 is 13.2 Å². The molecule has 2 atom stereocenters. The Labute approximate surface area is 214 Å². The second-order valence-electron chi connectivity index (χ2n) is 10.5. The number of hydrogen-bond donors (Lipinski definition) is 0. The van der Waals surface area contributed by atoms with E-state index in [0.717, 1.165) is 0 Å². The van der Waals surface area contributed by atoms with Crippen molar-refractivity contribution in [3.8, 4) is 11.5 Å². The van der Waals surface area contributed by atoms with E-state index in [9.17, 15) is 14.2 Å². The first-order valence-corrected chi connectivity index (χ1v) is 13.3. The Morgan fingerprint density at radius 2 is 1.25 bits per heavy atom. The number of ether oxygens (including phenoxy) is 2. The van der Waals surface area contributed by atoms with E-state index in [1.807, 2.05) is 6.92 Å². The predicted molar refractivity (Wildman–Crippen MR) is 144 cm³/mol. The Balaban J connectivity index is 1.96. The van der Waals surface area contributed by atoms with Crippen molar-refractivity contribution in [2.75, 3.05) is 20.4 Å². The minimum Gasteiger partial charge on any atom is -0.497 e. The van der Waals surface area contributed by atoms with Gasteiger partial charge in [0.05, 0.1) is 25.2 Å². The molecule has 3 aromatic rings. The van der Waals surface area contributed by atoms with Crippen LogP contribution in [0.25, 0.3) is 0 Å². The molecule has 0 amide bonds. The van der Waals surface area contributed by atoms with E-state index in [1.165, 1.54) is 0 Å². The summed E-state index contributed by atoms with van der Waals surface area (Å²) in [6.07, 6.45) is 0.678. The van der Waals surface area contributed by atoms with E-state index in [0.29, 0.717) is 39.9 Å². The molecule has 5 nitrogen and oxygen atoms in total. The average molecular weight is 506 g/mol. The van der Waals surface area contributed by atoms with Crippen LogP contribution in [0.5, 0.6) is 11.5 Å². The minimum absolute atomic E-state index is 0.0672. The molecule has 3 rings (SSSR count). The molecule has 0 heterocycles. The van der Waals surface area contributed by atoms with Gasteiger partial charge in [-0.3, -0.25) is 9.59 Å². The monoisotopic (exact) mass is 505 g/mol. The summed E-state index contributed by atoms with van der Waals surface area (Å²) >= 11 is 0. The fraction of sp³-hybridized carbons (Fsp3) is 0.333. The highest BCUT2D eigenvalue weighted by Crippen LogP contribution is 2.43. The fourth-order valence-electron chi connectivity index (χ4n) is 4.65. The minimum atomic E-state index is -2.04. The van der Waals surface area contributed by atoms with Crippen molar-refractivity contribution in [1.29, 1.82) is 0 Å². The number of methoxy groups -OCH3 is 2. The van der Waals surface area contributed by atoms with Gasteiger partial charge in [0, 0.05) is 11.1 Å². The number of Topliss-reactive ketones (excluding diaryl/α,β-unsaturated/α-hetero) is 1. The zero-order valence-electron chi connectivity index (χ0n) is 21.8. The average Bonchev–Trinajstić information content (AvgIpc) is 2.86. The van der Waals surface area contributed by atoms with Gasteiger partial charge in [-0.15, -0.1) is 0 Å². The van der Waals surface area contributed by atoms with Crippen LogP contribution in [0.4, 0.5) is 0 Å². The molecule has 0 spiro atoms. The Kier molecular flexibility index (Phi) is 8.47. The van der Waals surface area contributed by atoms with Crippen molar-refractivity contribution in [3.05, 3.63) is 89.5 Å². The van der Waals surface area contributed by atoms with Gasteiger partial charge >= 0.3 is 7.80 Å². The van der Waals surface area contributed by atoms with Gasteiger partial charge in [0.2, 0.25) is 5.30 Å². The van der Waals surface area contributed by atoms with Crippen LogP contribution in [-0.2, 0) is 4.57 Å². The SMILES string of the molecule is COc1ccc(C(=O)c2ccccc2[P+](=O)CC(C)(CC(C)(C)C)C(=O)c2ccc(OC)cc2)cc1. The third-order valence-electron chi connectivity index (χ3n) is 6.08. The lowest BCUT2D eigenvalue weighted by molar-refractivity contribution is 0.0776. The highest BCUT2D eigenvalue weighted by Gasteiger charge is 2.45. The van der Waals surface area contributed by atoms with Crippen LogP contribution in [0.15, 0.2) is 72.8 Å². The van der Waals surface area contributed by atoms with Crippen LogP contribution in [-0.4, -0.2) is 31.9 Å². The van der Waals surface area contributed by atoms with Gasteiger partial charge in [-0.1, -0.05) is 37.5 Å². The molecule has 3 aromatic carbocycles. The molecular weight excluding hydrogens is 471 g/mol. The molecule has 36 heavy (non-hydrogen) atoms. The normalized spacial score (nSPS) is 13.4. The second kappa shape index (κ2) is 11.2. The summed E-state index contributed by atoms with van der Waals surface area (Å²) in [5, 5.41) is 0.469. The Hall–Kier alpha value is -3.30. The number of carbonyl (C=O) groups excluding carboxylic acids is 2. The molecule has 2 unspecified atom stereocenters. The lowest BCUT2D eigenvalue weighted by Crippen LogP contribution is -2.36. The maximum atomic E-state index is 13.8. The second-order valence-corrected chi connectivity index (χ2v) is 12.0.